The summed E-state index contributed by atoms with van der Waals surface area (Å²) in [5.41, 5.74) is 4.10. The molecule has 0 unspecified atom stereocenters. The Bertz CT molecular complexity index is 429. The third-order valence-corrected chi connectivity index (χ3v) is 1.94. The Hall–Kier alpha value is -1.92. The molecule has 0 atom stereocenters. The molecule has 0 saturated heterocycles. The van der Waals surface area contributed by atoms with E-state index in [4.69, 9.17) is 10.8 Å². The second kappa shape index (κ2) is 3.92. The minimum absolute atomic E-state index is 0.0482. The second-order valence-electron chi connectivity index (χ2n) is 3.18. The molecule has 4 nitrogen and oxygen atoms in total. The van der Waals surface area contributed by atoms with E-state index in [0.29, 0.717) is 6.07 Å². The molecule has 0 aliphatic heterocycles. The van der Waals surface area contributed by atoms with Crippen LogP contribution >= 0.6 is 0 Å². The van der Waals surface area contributed by atoms with E-state index >= 15 is 0 Å². The Morgan fingerprint density at radius 2 is 2.00 bits per heavy atom. The van der Waals surface area contributed by atoms with E-state index in [9.17, 15) is 18.0 Å². The summed E-state index contributed by atoms with van der Waals surface area (Å²) in [5.74, 6) is 0. The van der Waals surface area contributed by atoms with Crippen molar-refractivity contribution >= 4 is 17.5 Å². The molecule has 0 aliphatic carbocycles. The number of rotatable bonds is 1. The second-order valence-corrected chi connectivity index (χ2v) is 3.18. The summed E-state index contributed by atoms with van der Waals surface area (Å²) in [6, 6.07) is 1.76. The Labute approximate surface area is 88.9 Å². The van der Waals surface area contributed by atoms with Crippen LogP contribution in [-0.4, -0.2) is 11.2 Å². The average Bonchev–Trinajstić information content (AvgIpc) is 2.06. The van der Waals surface area contributed by atoms with Gasteiger partial charge in [-0.1, -0.05) is 0 Å². The van der Waals surface area contributed by atoms with Crippen LogP contribution in [0.4, 0.5) is 29.3 Å². The van der Waals surface area contributed by atoms with Crippen molar-refractivity contribution in [3.05, 3.63) is 23.3 Å². The zero-order valence-corrected chi connectivity index (χ0v) is 8.22. The number of nitrogens with one attached hydrogen (secondary N) is 1. The number of halogens is 3. The van der Waals surface area contributed by atoms with Gasteiger partial charge in [0.2, 0.25) is 0 Å². The quantitative estimate of drug-likeness (QED) is 0.654. The highest BCUT2D eigenvalue weighted by molar-refractivity contribution is 5.88. The Balaban J connectivity index is 3.27. The van der Waals surface area contributed by atoms with Crippen molar-refractivity contribution in [1.82, 2.24) is 0 Å². The van der Waals surface area contributed by atoms with Crippen molar-refractivity contribution in [3.8, 4) is 0 Å². The van der Waals surface area contributed by atoms with Gasteiger partial charge in [0.05, 0.1) is 16.9 Å². The number of carboxylic acid groups (broad SMARTS) is 1. The van der Waals surface area contributed by atoms with Crippen molar-refractivity contribution < 1.29 is 23.1 Å². The predicted octanol–water partition coefficient (Wildman–Crippen LogP) is 2.69. The van der Waals surface area contributed by atoms with Gasteiger partial charge in [-0.3, -0.25) is 5.32 Å². The van der Waals surface area contributed by atoms with Gasteiger partial charge in [0, 0.05) is 0 Å². The number of benzene rings is 1. The van der Waals surface area contributed by atoms with Gasteiger partial charge in [-0.15, -0.1) is 0 Å². The van der Waals surface area contributed by atoms with Gasteiger partial charge in [-0.05, 0) is 24.6 Å². The normalized spacial score (nSPS) is 11.2. The molecule has 0 heterocycles. The van der Waals surface area contributed by atoms with Crippen molar-refractivity contribution in [3.63, 3.8) is 0 Å². The first-order valence-corrected chi connectivity index (χ1v) is 4.19. The standard InChI is InChI=1S/C9H9F3N2O2/c1-4-2-6(13)7(14-8(15)16)3-5(4)9(10,11)12/h2-3,14H,13H2,1H3,(H,15,16). The maximum absolute atomic E-state index is 12.5. The van der Waals surface area contributed by atoms with Crippen LogP contribution in [0.5, 0.6) is 0 Å². The molecule has 0 aromatic heterocycles. The largest absolute Gasteiger partial charge is 0.465 e. The lowest BCUT2D eigenvalue weighted by molar-refractivity contribution is -0.138. The van der Waals surface area contributed by atoms with E-state index in [0.717, 1.165) is 6.07 Å². The summed E-state index contributed by atoms with van der Waals surface area (Å²) in [6.45, 7) is 1.25. The first-order valence-electron chi connectivity index (χ1n) is 4.19. The van der Waals surface area contributed by atoms with Crippen molar-refractivity contribution in [2.24, 2.45) is 0 Å². The number of anilines is 2. The number of hydrogen-bond acceptors (Lipinski definition) is 2. The number of nitrogens with two attached hydrogens (primary N) is 1. The Morgan fingerprint density at radius 1 is 1.44 bits per heavy atom. The van der Waals surface area contributed by atoms with Gasteiger partial charge >= 0.3 is 12.3 Å². The van der Waals surface area contributed by atoms with Crippen molar-refractivity contribution in [2.75, 3.05) is 11.1 Å². The Kier molecular flexibility index (Phi) is 2.97. The lowest BCUT2D eigenvalue weighted by Crippen LogP contribution is -2.13. The molecule has 88 valence electrons. The van der Waals surface area contributed by atoms with E-state index in [1.54, 1.807) is 5.32 Å². The third-order valence-electron chi connectivity index (χ3n) is 1.94. The molecule has 1 aromatic carbocycles. The number of hydrogen-bond donors (Lipinski definition) is 3. The summed E-state index contributed by atoms with van der Waals surface area (Å²) >= 11 is 0. The highest BCUT2D eigenvalue weighted by atomic mass is 19.4. The molecule has 1 rings (SSSR count). The van der Waals surface area contributed by atoms with Crippen LogP contribution in [0, 0.1) is 6.92 Å². The summed E-state index contributed by atoms with van der Waals surface area (Å²) < 4.78 is 37.4. The third kappa shape index (κ3) is 2.56. The minimum Gasteiger partial charge on any atom is -0.465 e. The first kappa shape index (κ1) is 12.2. The van der Waals surface area contributed by atoms with Crippen LogP contribution in [0.1, 0.15) is 11.1 Å². The highest BCUT2D eigenvalue weighted by Gasteiger charge is 2.33. The summed E-state index contributed by atoms with van der Waals surface area (Å²) in [6.07, 6.45) is -6.00. The molecule has 0 aliphatic rings. The maximum Gasteiger partial charge on any atom is 0.416 e. The number of carbonyl (C=O) groups is 1. The van der Waals surface area contributed by atoms with Crippen LogP contribution in [-0.2, 0) is 6.18 Å². The van der Waals surface area contributed by atoms with E-state index in [1.165, 1.54) is 6.92 Å². The summed E-state index contributed by atoms with van der Waals surface area (Å²) in [7, 11) is 0. The molecular weight excluding hydrogens is 225 g/mol. The van der Waals surface area contributed by atoms with Crippen LogP contribution in [0.25, 0.3) is 0 Å². The van der Waals surface area contributed by atoms with Gasteiger partial charge < -0.3 is 10.8 Å². The van der Waals surface area contributed by atoms with Gasteiger partial charge in [0.25, 0.3) is 0 Å². The highest BCUT2D eigenvalue weighted by Crippen LogP contribution is 2.35. The molecule has 1 aromatic rings. The number of alkyl halides is 3. The molecule has 0 fully saturated rings. The van der Waals surface area contributed by atoms with Crippen LogP contribution < -0.4 is 11.1 Å². The average molecular weight is 234 g/mol. The topological polar surface area (TPSA) is 75.3 Å². The van der Waals surface area contributed by atoms with Crippen LogP contribution in [0.2, 0.25) is 0 Å². The molecular formula is C9H9F3N2O2. The SMILES string of the molecule is Cc1cc(N)c(NC(=O)O)cc1C(F)(F)F. The number of amides is 1. The van der Waals surface area contributed by atoms with Crippen LogP contribution in [0.15, 0.2) is 12.1 Å². The maximum atomic E-state index is 12.5. The molecule has 1 amide bonds. The van der Waals surface area contributed by atoms with Crippen LogP contribution in [0.3, 0.4) is 0 Å². The number of aryl methyl sites for hydroxylation is 1. The zero-order chi connectivity index (χ0) is 12.5. The van der Waals surface area contributed by atoms with E-state index < -0.39 is 17.8 Å². The smallest absolute Gasteiger partial charge is 0.416 e. The van der Waals surface area contributed by atoms with E-state index in [2.05, 4.69) is 0 Å². The fraction of sp³-hybridized carbons (Fsp3) is 0.222. The monoisotopic (exact) mass is 234 g/mol. The van der Waals surface area contributed by atoms with E-state index in [-0.39, 0.29) is 16.9 Å². The van der Waals surface area contributed by atoms with Gasteiger partial charge in [0.1, 0.15) is 0 Å². The predicted molar refractivity (Wildman–Crippen MR) is 52.2 cm³/mol. The lowest BCUT2D eigenvalue weighted by atomic mass is 10.1. The lowest BCUT2D eigenvalue weighted by Gasteiger charge is -2.13. The van der Waals surface area contributed by atoms with Crippen molar-refractivity contribution in [1.29, 1.82) is 0 Å². The Morgan fingerprint density at radius 3 is 2.44 bits per heavy atom. The number of nitrogen functional groups attached to an aromatic ring is 1. The van der Waals surface area contributed by atoms with Gasteiger partial charge in [-0.25, -0.2) is 4.79 Å². The fourth-order valence-electron chi connectivity index (χ4n) is 1.26. The molecule has 0 bridgehead atoms. The molecule has 0 spiro atoms. The molecule has 7 heteroatoms. The summed E-state index contributed by atoms with van der Waals surface area (Å²) in [5, 5.41) is 10.2. The van der Waals surface area contributed by atoms with Crippen molar-refractivity contribution in [2.45, 2.75) is 13.1 Å². The minimum atomic E-state index is -4.54. The fourth-order valence-corrected chi connectivity index (χ4v) is 1.26. The molecule has 0 saturated carbocycles. The zero-order valence-electron chi connectivity index (χ0n) is 8.22. The molecule has 0 radical (unpaired) electrons. The first-order chi connectivity index (χ1) is 7.21. The molecule has 16 heavy (non-hydrogen) atoms. The molecule has 4 N–H and O–H groups in total. The van der Waals surface area contributed by atoms with Gasteiger partial charge in [-0.2, -0.15) is 13.2 Å². The summed E-state index contributed by atoms with van der Waals surface area (Å²) in [4.78, 5) is 10.3. The van der Waals surface area contributed by atoms with E-state index in [1.807, 2.05) is 0 Å². The van der Waals surface area contributed by atoms with Gasteiger partial charge in [0.15, 0.2) is 0 Å².